The third-order valence-corrected chi connectivity index (χ3v) is 5.75. The number of aryl methyl sites for hydroxylation is 1. The van der Waals surface area contributed by atoms with E-state index in [1.54, 1.807) is 0 Å². The Kier molecular flexibility index (Phi) is 5.12. The van der Waals surface area contributed by atoms with E-state index < -0.39 is 15.8 Å². The first-order chi connectivity index (χ1) is 14.4. The summed E-state index contributed by atoms with van der Waals surface area (Å²) in [7, 11) is -4.04. The molecule has 1 aliphatic heterocycles. The molecule has 1 N–H and O–H groups in total. The van der Waals surface area contributed by atoms with Crippen molar-refractivity contribution in [2.75, 3.05) is 16.2 Å². The second-order valence-corrected chi connectivity index (χ2v) is 8.15. The predicted octanol–water partition coefficient (Wildman–Crippen LogP) is 2.50. The van der Waals surface area contributed by atoms with Gasteiger partial charge in [-0.2, -0.15) is 4.98 Å². The highest BCUT2D eigenvalue weighted by Gasteiger charge is 2.29. The minimum absolute atomic E-state index is 0.000477. The third kappa shape index (κ3) is 3.96. The molecule has 156 valence electrons. The molecular formula is C19H17FN4O5S. The SMILES string of the molecule is CCc1nc(CN2C(=O)COc3ccc(S(=O)(=O)Nc4cccc(F)c4)cc32)no1. The molecule has 1 aliphatic rings. The Hall–Kier alpha value is -3.47. The average molecular weight is 432 g/mol. The Morgan fingerprint density at radius 2 is 2.07 bits per heavy atom. The van der Waals surface area contributed by atoms with Gasteiger partial charge in [0.05, 0.1) is 22.8 Å². The van der Waals surface area contributed by atoms with Crippen LogP contribution in [0.3, 0.4) is 0 Å². The van der Waals surface area contributed by atoms with E-state index in [0.717, 1.165) is 6.07 Å². The summed E-state index contributed by atoms with van der Waals surface area (Å²) >= 11 is 0. The monoisotopic (exact) mass is 432 g/mol. The van der Waals surface area contributed by atoms with Crippen LogP contribution in [0.25, 0.3) is 0 Å². The van der Waals surface area contributed by atoms with Crippen molar-refractivity contribution in [2.45, 2.75) is 24.8 Å². The lowest BCUT2D eigenvalue weighted by atomic mass is 10.2. The summed E-state index contributed by atoms with van der Waals surface area (Å²) in [5, 5.41) is 3.84. The van der Waals surface area contributed by atoms with E-state index >= 15 is 0 Å². The van der Waals surface area contributed by atoms with Crippen LogP contribution in [0.4, 0.5) is 15.8 Å². The van der Waals surface area contributed by atoms with Gasteiger partial charge in [0.2, 0.25) is 5.89 Å². The van der Waals surface area contributed by atoms with Crippen LogP contribution in [0.2, 0.25) is 0 Å². The van der Waals surface area contributed by atoms with Gasteiger partial charge >= 0.3 is 0 Å². The summed E-state index contributed by atoms with van der Waals surface area (Å²) in [6, 6.07) is 9.22. The molecule has 3 aromatic rings. The van der Waals surface area contributed by atoms with Gasteiger partial charge in [-0.25, -0.2) is 12.8 Å². The largest absolute Gasteiger partial charge is 0.482 e. The van der Waals surface area contributed by atoms with E-state index in [9.17, 15) is 17.6 Å². The smallest absolute Gasteiger partial charge is 0.265 e. The van der Waals surface area contributed by atoms with Gasteiger partial charge in [0, 0.05) is 6.42 Å². The molecule has 2 aromatic carbocycles. The zero-order chi connectivity index (χ0) is 21.3. The highest BCUT2D eigenvalue weighted by molar-refractivity contribution is 7.92. The first-order valence-electron chi connectivity index (χ1n) is 9.03. The Bertz CT molecular complexity index is 1210. The van der Waals surface area contributed by atoms with Gasteiger partial charge in [-0.1, -0.05) is 18.1 Å². The molecule has 11 heteroatoms. The number of hydrogen-bond donors (Lipinski definition) is 1. The summed E-state index contributed by atoms with van der Waals surface area (Å²) in [4.78, 5) is 17.8. The number of hydrogen-bond acceptors (Lipinski definition) is 7. The van der Waals surface area contributed by atoms with Gasteiger partial charge in [0.1, 0.15) is 11.6 Å². The van der Waals surface area contributed by atoms with Crippen LogP contribution in [-0.4, -0.2) is 31.1 Å². The van der Waals surface area contributed by atoms with E-state index in [-0.39, 0.29) is 35.3 Å². The Labute approximate surface area is 171 Å². The number of ether oxygens (including phenoxy) is 1. The second-order valence-electron chi connectivity index (χ2n) is 6.47. The van der Waals surface area contributed by atoms with Crippen LogP contribution in [0.5, 0.6) is 5.75 Å². The maximum Gasteiger partial charge on any atom is 0.265 e. The quantitative estimate of drug-likeness (QED) is 0.636. The fraction of sp³-hybridized carbons (Fsp3) is 0.211. The zero-order valence-corrected chi connectivity index (χ0v) is 16.6. The normalized spacial score (nSPS) is 13.7. The number of sulfonamides is 1. The molecule has 1 aromatic heterocycles. The number of fused-ring (bicyclic) bond motifs is 1. The molecule has 0 spiro atoms. The van der Waals surface area contributed by atoms with Gasteiger partial charge in [-0.3, -0.25) is 14.4 Å². The number of halogens is 1. The first-order valence-corrected chi connectivity index (χ1v) is 10.5. The van der Waals surface area contributed by atoms with E-state index in [2.05, 4.69) is 14.9 Å². The lowest BCUT2D eigenvalue weighted by Gasteiger charge is -2.28. The predicted molar refractivity (Wildman–Crippen MR) is 104 cm³/mol. The highest BCUT2D eigenvalue weighted by atomic mass is 32.2. The molecule has 9 nitrogen and oxygen atoms in total. The molecule has 0 bridgehead atoms. The standard InChI is InChI=1S/C19H17FN4O5S/c1-2-18-21-17(22-29-18)10-24-15-9-14(6-7-16(15)28-11-19(24)25)30(26,27)23-13-5-3-4-12(20)8-13/h3-9,23H,2,10-11H2,1H3. The average Bonchev–Trinajstić information content (AvgIpc) is 3.17. The van der Waals surface area contributed by atoms with Gasteiger partial charge in [0.25, 0.3) is 15.9 Å². The maximum absolute atomic E-state index is 13.4. The maximum atomic E-state index is 13.4. The van der Waals surface area contributed by atoms with Crippen molar-refractivity contribution in [2.24, 2.45) is 0 Å². The summed E-state index contributed by atoms with van der Waals surface area (Å²) in [5.41, 5.74) is 0.340. The molecule has 0 unspecified atom stereocenters. The van der Waals surface area contributed by atoms with Crippen molar-refractivity contribution in [3.05, 3.63) is 60.0 Å². The first kappa shape index (κ1) is 19.8. The molecule has 1 amide bonds. The lowest BCUT2D eigenvalue weighted by Crippen LogP contribution is -2.38. The van der Waals surface area contributed by atoms with Gasteiger partial charge in [0.15, 0.2) is 12.4 Å². The van der Waals surface area contributed by atoms with Crippen LogP contribution in [-0.2, 0) is 27.8 Å². The number of carbonyl (C=O) groups is 1. The Morgan fingerprint density at radius 3 is 2.80 bits per heavy atom. The Morgan fingerprint density at radius 1 is 1.23 bits per heavy atom. The van der Waals surface area contributed by atoms with Crippen molar-refractivity contribution in [1.29, 1.82) is 0 Å². The number of aromatic nitrogens is 2. The van der Waals surface area contributed by atoms with Crippen molar-refractivity contribution in [3.8, 4) is 5.75 Å². The van der Waals surface area contributed by atoms with Crippen LogP contribution in [0.15, 0.2) is 51.9 Å². The molecule has 0 radical (unpaired) electrons. The zero-order valence-electron chi connectivity index (χ0n) is 15.8. The van der Waals surface area contributed by atoms with E-state index in [1.165, 1.54) is 41.3 Å². The van der Waals surface area contributed by atoms with Crippen LogP contribution >= 0.6 is 0 Å². The third-order valence-electron chi connectivity index (χ3n) is 4.37. The van der Waals surface area contributed by atoms with Crippen LogP contribution < -0.4 is 14.4 Å². The minimum Gasteiger partial charge on any atom is -0.482 e. The second kappa shape index (κ2) is 7.75. The summed E-state index contributed by atoms with van der Waals surface area (Å²) in [6.45, 7) is 1.66. The number of amides is 1. The summed E-state index contributed by atoms with van der Waals surface area (Å²) < 4.78 is 51.7. The van der Waals surface area contributed by atoms with E-state index in [0.29, 0.717) is 23.9 Å². The molecule has 30 heavy (non-hydrogen) atoms. The minimum atomic E-state index is -4.04. The fourth-order valence-corrected chi connectivity index (χ4v) is 4.00. The number of rotatable bonds is 6. The lowest BCUT2D eigenvalue weighted by molar-refractivity contribution is -0.121. The molecule has 0 atom stereocenters. The number of nitrogens with zero attached hydrogens (tertiary/aromatic N) is 3. The van der Waals surface area contributed by atoms with Crippen molar-refractivity contribution in [1.82, 2.24) is 10.1 Å². The number of benzene rings is 2. The van der Waals surface area contributed by atoms with Crippen molar-refractivity contribution >= 4 is 27.3 Å². The fourth-order valence-electron chi connectivity index (χ4n) is 2.93. The van der Waals surface area contributed by atoms with Crippen molar-refractivity contribution in [3.63, 3.8) is 0 Å². The molecule has 4 rings (SSSR count). The highest BCUT2D eigenvalue weighted by Crippen LogP contribution is 2.35. The summed E-state index contributed by atoms with van der Waals surface area (Å²) in [6.07, 6.45) is 0.550. The molecule has 2 heterocycles. The van der Waals surface area contributed by atoms with E-state index in [4.69, 9.17) is 9.26 Å². The molecule has 0 aliphatic carbocycles. The Balaban J connectivity index is 1.66. The number of nitrogens with one attached hydrogen (secondary N) is 1. The molecular weight excluding hydrogens is 415 g/mol. The van der Waals surface area contributed by atoms with Gasteiger partial charge < -0.3 is 9.26 Å². The number of carbonyl (C=O) groups excluding carboxylic acids is 1. The number of anilines is 2. The van der Waals surface area contributed by atoms with Gasteiger partial charge in [-0.05, 0) is 36.4 Å². The van der Waals surface area contributed by atoms with E-state index in [1.807, 2.05) is 6.92 Å². The summed E-state index contributed by atoms with van der Waals surface area (Å²) in [5.74, 6) is 0.120. The van der Waals surface area contributed by atoms with Crippen molar-refractivity contribution < 1.29 is 26.9 Å². The van der Waals surface area contributed by atoms with Crippen LogP contribution in [0, 0.1) is 5.82 Å². The molecule has 0 saturated heterocycles. The molecule has 0 saturated carbocycles. The molecule has 0 fully saturated rings. The van der Waals surface area contributed by atoms with Gasteiger partial charge in [-0.15, -0.1) is 0 Å². The topological polar surface area (TPSA) is 115 Å². The van der Waals surface area contributed by atoms with Crippen LogP contribution in [0.1, 0.15) is 18.6 Å².